The van der Waals surface area contributed by atoms with E-state index < -0.39 is 0 Å². The van der Waals surface area contributed by atoms with E-state index in [-0.39, 0.29) is 11.8 Å². The molecule has 0 unspecified atom stereocenters. The quantitative estimate of drug-likeness (QED) is 0.752. The van der Waals surface area contributed by atoms with Gasteiger partial charge in [-0.15, -0.1) is 11.3 Å². The van der Waals surface area contributed by atoms with Gasteiger partial charge in [-0.25, -0.2) is 4.98 Å². The van der Waals surface area contributed by atoms with E-state index in [1.165, 1.54) is 11.3 Å². The molecule has 1 fully saturated rings. The lowest BCUT2D eigenvalue weighted by molar-refractivity contribution is -0.119. The number of fused-ring (bicyclic) bond motifs is 1. The number of carbonyl (C=O) groups excluding carboxylic acids is 1. The maximum absolute atomic E-state index is 12.2. The number of amides is 1. The van der Waals surface area contributed by atoms with Crippen molar-refractivity contribution in [1.82, 2.24) is 9.97 Å². The van der Waals surface area contributed by atoms with Crippen molar-refractivity contribution in [2.24, 2.45) is 5.92 Å². The van der Waals surface area contributed by atoms with Crippen molar-refractivity contribution in [3.05, 3.63) is 35.8 Å². The normalized spacial score (nSPS) is 15.5. The van der Waals surface area contributed by atoms with Gasteiger partial charge in [0.05, 0.1) is 5.69 Å². The second-order valence-corrected chi connectivity index (χ2v) is 6.61. The number of H-pyrrole nitrogens is 1. The van der Waals surface area contributed by atoms with Gasteiger partial charge < -0.3 is 10.3 Å². The van der Waals surface area contributed by atoms with E-state index in [9.17, 15) is 4.79 Å². The lowest BCUT2D eigenvalue weighted by atomic mass is 10.1. The van der Waals surface area contributed by atoms with Crippen LogP contribution < -0.4 is 5.32 Å². The van der Waals surface area contributed by atoms with E-state index >= 15 is 0 Å². The number of benzene rings is 1. The maximum Gasteiger partial charge on any atom is 0.229 e. The van der Waals surface area contributed by atoms with Crippen LogP contribution >= 0.6 is 11.3 Å². The monoisotopic (exact) mass is 311 g/mol. The molecule has 22 heavy (non-hydrogen) atoms. The van der Waals surface area contributed by atoms with E-state index in [4.69, 9.17) is 0 Å². The molecular formula is C17H17N3OS. The fraction of sp³-hybridized carbons (Fsp3) is 0.294. The number of hydrogen-bond donors (Lipinski definition) is 2. The van der Waals surface area contributed by atoms with Gasteiger partial charge in [-0.1, -0.05) is 31.0 Å². The number of anilines is 1. The Morgan fingerprint density at radius 2 is 2.09 bits per heavy atom. The largest absolute Gasteiger partial charge is 0.360 e. The first-order valence-corrected chi connectivity index (χ1v) is 8.52. The van der Waals surface area contributed by atoms with Gasteiger partial charge >= 0.3 is 0 Å². The van der Waals surface area contributed by atoms with Crippen molar-refractivity contribution in [3.63, 3.8) is 0 Å². The zero-order valence-corrected chi connectivity index (χ0v) is 13.0. The van der Waals surface area contributed by atoms with Gasteiger partial charge in [0.1, 0.15) is 0 Å². The molecule has 3 aromatic rings. The van der Waals surface area contributed by atoms with Crippen LogP contribution in [0.5, 0.6) is 0 Å². The molecule has 5 heteroatoms. The molecule has 2 heterocycles. The standard InChI is InChI=1S/C17H17N3OS/c21-16(11-5-1-2-6-11)20-17-19-15(10-22-17)13-9-18-14-8-4-3-7-12(13)14/h3-4,7-11,18H,1-2,5-6H2,(H,19,20,21). The molecule has 112 valence electrons. The summed E-state index contributed by atoms with van der Waals surface area (Å²) < 4.78 is 0. The van der Waals surface area contributed by atoms with Gasteiger partial charge in [0.15, 0.2) is 5.13 Å². The van der Waals surface area contributed by atoms with Crippen LogP contribution in [0.4, 0.5) is 5.13 Å². The average Bonchev–Trinajstić information content (AvgIpc) is 3.27. The number of para-hydroxylation sites is 1. The Labute approximate surface area is 132 Å². The molecule has 4 nitrogen and oxygen atoms in total. The van der Waals surface area contributed by atoms with E-state index in [1.54, 1.807) is 0 Å². The van der Waals surface area contributed by atoms with Crippen molar-refractivity contribution in [2.75, 3.05) is 5.32 Å². The van der Waals surface area contributed by atoms with E-state index in [0.717, 1.165) is 47.8 Å². The summed E-state index contributed by atoms with van der Waals surface area (Å²) in [6.45, 7) is 0. The zero-order valence-electron chi connectivity index (χ0n) is 12.1. The summed E-state index contributed by atoms with van der Waals surface area (Å²) >= 11 is 1.49. The first-order valence-electron chi connectivity index (χ1n) is 7.64. The second kappa shape index (κ2) is 5.57. The number of thiazole rings is 1. The molecular weight excluding hydrogens is 294 g/mol. The lowest BCUT2D eigenvalue weighted by Crippen LogP contribution is -2.20. The first kappa shape index (κ1) is 13.5. The first-order chi connectivity index (χ1) is 10.8. The molecule has 2 aromatic heterocycles. The highest BCUT2D eigenvalue weighted by Gasteiger charge is 2.23. The van der Waals surface area contributed by atoms with Crippen LogP contribution in [-0.2, 0) is 4.79 Å². The third-order valence-corrected chi connectivity index (χ3v) is 5.08. The third-order valence-electron chi connectivity index (χ3n) is 4.33. The van der Waals surface area contributed by atoms with Crippen LogP contribution in [0.3, 0.4) is 0 Å². The molecule has 0 spiro atoms. The minimum atomic E-state index is 0.123. The summed E-state index contributed by atoms with van der Waals surface area (Å²) in [5, 5.41) is 6.82. The zero-order chi connectivity index (χ0) is 14.9. The number of nitrogens with one attached hydrogen (secondary N) is 2. The Morgan fingerprint density at radius 1 is 1.27 bits per heavy atom. The van der Waals surface area contributed by atoms with Gasteiger partial charge in [-0.2, -0.15) is 0 Å². The number of carbonyl (C=O) groups is 1. The Bertz CT molecular complexity index is 814. The van der Waals surface area contributed by atoms with Crippen molar-refractivity contribution in [2.45, 2.75) is 25.7 Å². The predicted molar refractivity (Wildman–Crippen MR) is 90.0 cm³/mol. The van der Waals surface area contributed by atoms with E-state index in [2.05, 4.69) is 21.4 Å². The highest BCUT2D eigenvalue weighted by molar-refractivity contribution is 7.14. The molecule has 1 amide bonds. The van der Waals surface area contributed by atoms with Gasteiger partial charge in [-0.05, 0) is 18.9 Å². The molecule has 1 aliphatic rings. The average molecular weight is 311 g/mol. The van der Waals surface area contributed by atoms with Gasteiger partial charge in [0.2, 0.25) is 5.91 Å². The molecule has 2 N–H and O–H groups in total. The Hall–Kier alpha value is -2.14. The minimum absolute atomic E-state index is 0.123. The number of rotatable bonds is 3. The SMILES string of the molecule is O=C(Nc1nc(-c2c[nH]c3ccccc23)cs1)C1CCCC1. The Morgan fingerprint density at radius 3 is 2.95 bits per heavy atom. The van der Waals surface area contributed by atoms with Crippen molar-refractivity contribution < 1.29 is 4.79 Å². The summed E-state index contributed by atoms with van der Waals surface area (Å²) in [6, 6.07) is 8.16. The number of aromatic nitrogens is 2. The van der Waals surface area contributed by atoms with E-state index in [0.29, 0.717) is 5.13 Å². The fourth-order valence-electron chi connectivity index (χ4n) is 3.13. The fourth-order valence-corrected chi connectivity index (χ4v) is 3.85. The van der Waals surface area contributed by atoms with Crippen LogP contribution in [0, 0.1) is 5.92 Å². The lowest BCUT2D eigenvalue weighted by Gasteiger charge is -2.07. The van der Waals surface area contributed by atoms with Gasteiger partial charge in [0.25, 0.3) is 0 Å². The third kappa shape index (κ3) is 2.41. The number of nitrogens with zero attached hydrogens (tertiary/aromatic N) is 1. The van der Waals surface area contributed by atoms with Crippen molar-refractivity contribution in [1.29, 1.82) is 0 Å². The van der Waals surface area contributed by atoms with Crippen LogP contribution in [-0.4, -0.2) is 15.9 Å². The molecule has 1 aliphatic carbocycles. The summed E-state index contributed by atoms with van der Waals surface area (Å²) in [7, 11) is 0. The summed E-state index contributed by atoms with van der Waals surface area (Å²) in [5.74, 6) is 0.290. The topological polar surface area (TPSA) is 57.8 Å². The molecule has 0 saturated heterocycles. The molecule has 1 saturated carbocycles. The predicted octanol–water partition coefficient (Wildman–Crippen LogP) is 4.42. The molecule has 4 rings (SSSR count). The minimum Gasteiger partial charge on any atom is -0.360 e. The smallest absolute Gasteiger partial charge is 0.229 e. The van der Waals surface area contributed by atoms with Crippen LogP contribution in [0.2, 0.25) is 0 Å². The van der Waals surface area contributed by atoms with Crippen LogP contribution in [0.25, 0.3) is 22.2 Å². The van der Waals surface area contributed by atoms with E-state index in [1.807, 2.05) is 29.8 Å². The molecule has 0 atom stereocenters. The summed E-state index contributed by atoms with van der Waals surface area (Å²) in [5.41, 5.74) is 3.08. The van der Waals surface area contributed by atoms with Crippen molar-refractivity contribution >= 4 is 33.3 Å². The van der Waals surface area contributed by atoms with Crippen molar-refractivity contribution in [3.8, 4) is 11.3 Å². The summed E-state index contributed by atoms with van der Waals surface area (Å²) in [6.07, 6.45) is 6.31. The Balaban J connectivity index is 1.57. The summed E-state index contributed by atoms with van der Waals surface area (Å²) in [4.78, 5) is 20.0. The Kier molecular flexibility index (Phi) is 3.42. The van der Waals surface area contributed by atoms with Crippen LogP contribution in [0.15, 0.2) is 35.8 Å². The van der Waals surface area contributed by atoms with Gasteiger partial charge in [-0.3, -0.25) is 4.79 Å². The molecule has 0 bridgehead atoms. The molecule has 1 aromatic carbocycles. The number of aromatic amines is 1. The highest BCUT2D eigenvalue weighted by atomic mass is 32.1. The second-order valence-electron chi connectivity index (χ2n) is 5.76. The van der Waals surface area contributed by atoms with Gasteiger partial charge in [0, 0.05) is 34.0 Å². The molecule has 0 radical (unpaired) electrons. The maximum atomic E-state index is 12.2. The molecule has 0 aliphatic heterocycles. The number of hydrogen-bond acceptors (Lipinski definition) is 3. The highest BCUT2D eigenvalue weighted by Crippen LogP contribution is 2.32. The van der Waals surface area contributed by atoms with Crippen LogP contribution in [0.1, 0.15) is 25.7 Å².